The Bertz CT molecular complexity index is 804. The first-order chi connectivity index (χ1) is 18.8. The van der Waals surface area contributed by atoms with Gasteiger partial charge in [0.05, 0.1) is 12.7 Å². The van der Waals surface area contributed by atoms with E-state index in [4.69, 9.17) is 14.2 Å². The monoisotopic (exact) mass is 558 g/mol. The molecule has 2 unspecified atom stereocenters. The number of aldehydes is 1. The van der Waals surface area contributed by atoms with E-state index in [0.29, 0.717) is 0 Å². The molecule has 40 heavy (non-hydrogen) atoms. The number of carbonyl (C=O) groups is 1. The van der Waals surface area contributed by atoms with E-state index in [9.17, 15) is 4.79 Å². The Morgan fingerprint density at radius 1 is 0.800 bits per heavy atom. The third-order valence-corrected chi connectivity index (χ3v) is 9.53. The molecule has 0 bridgehead atoms. The average Bonchev–Trinajstić information content (AvgIpc) is 2.92. The molecule has 0 heterocycles. The van der Waals surface area contributed by atoms with Crippen molar-refractivity contribution in [2.75, 3.05) is 7.11 Å². The first-order valence-electron chi connectivity index (χ1n) is 16.3. The van der Waals surface area contributed by atoms with Crippen LogP contribution in [0.1, 0.15) is 139 Å². The van der Waals surface area contributed by atoms with E-state index in [1.54, 1.807) is 7.11 Å². The summed E-state index contributed by atoms with van der Waals surface area (Å²) in [5.41, 5.74) is -0.284. The Labute approximate surface area is 247 Å². The molecule has 2 saturated carbocycles. The van der Waals surface area contributed by atoms with Gasteiger partial charge in [0.15, 0.2) is 0 Å². The van der Waals surface area contributed by atoms with Crippen LogP contribution >= 0.6 is 0 Å². The minimum Gasteiger partial charge on any atom is -0.497 e. The van der Waals surface area contributed by atoms with E-state index in [2.05, 4.69) is 48.5 Å². The number of carbonyl (C=O) groups excluding carboxylic acids is 1. The fourth-order valence-electron chi connectivity index (χ4n) is 6.57. The predicted molar refractivity (Wildman–Crippen MR) is 168 cm³/mol. The largest absolute Gasteiger partial charge is 0.497 e. The standard InChI is InChI=1S/C26H42O3.C10H20O/c1-26(2,3)29-25(28-23-17-15-22(27-4)16-18-23)19-24(20-11-7-5-8-12-20)21-13-9-6-10-14-21;1-6-7-10(5,8-11)9(2,3)4/h15-18,20-21,24-25H,5-14,19H2,1-4H3;8H,6-7H2,1-5H3. The summed E-state index contributed by atoms with van der Waals surface area (Å²) < 4.78 is 18.2. The number of methoxy groups -OCH3 is 1. The normalized spacial score (nSPS) is 19.8. The van der Waals surface area contributed by atoms with Crippen LogP contribution in [0.3, 0.4) is 0 Å². The molecule has 0 spiro atoms. The van der Waals surface area contributed by atoms with Crippen LogP contribution in [0.15, 0.2) is 24.3 Å². The number of benzene rings is 1. The van der Waals surface area contributed by atoms with Gasteiger partial charge in [0, 0.05) is 11.8 Å². The van der Waals surface area contributed by atoms with Crippen molar-refractivity contribution in [2.45, 2.75) is 151 Å². The highest BCUT2D eigenvalue weighted by molar-refractivity contribution is 5.60. The van der Waals surface area contributed by atoms with Crippen molar-refractivity contribution in [1.82, 2.24) is 0 Å². The van der Waals surface area contributed by atoms with Gasteiger partial charge in [-0.25, -0.2) is 0 Å². The molecule has 4 nitrogen and oxygen atoms in total. The lowest BCUT2D eigenvalue weighted by Gasteiger charge is -2.40. The van der Waals surface area contributed by atoms with Gasteiger partial charge in [0.1, 0.15) is 17.8 Å². The van der Waals surface area contributed by atoms with Gasteiger partial charge in [0.25, 0.3) is 0 Å². The quantitative estimate of drug-likeness (QED) is 0.200. The molecule has 0 amide bonds. The van der Waals surface area contributed by atoms with Crippen molar-refractivity contribution < 1.29 is 19.0 Å². The highest BCUT2D eigenvalue weighted by atomic mass is 16.7. The van der Waals surface area contributed by atoms with Crippen molar-refractivity contribution in [2.24, 2.45) is 28.6 Å². The fourth-order valence-corrected chi connectivity index (χ4v) is 6.57. The number of hydrogen-bond acceptors (Lipinski definition) is 4. The minimum absolute atomic E-state index is 0.0881. The number of rotatable bonds is 11. The van der Waals surface area contributed by atoms with Crippen molar-refractivity contribution in [3.05, 3.63) is 24.3 Å². The van der Waals surface area contributed by atoms with Crippen molar-refractivity contribution in [1.29, 1.82) is 0 Å². The van der Waals surface area contributed by atoms with Crippen LogP contribution < -0.4 is 9.47 Å². The summed E-state index contributed by atoms with van der Waals surface area (Å²) in [6.45, 7) is 16.9. The van der Waals surface area contributed by atoms with E-state index in [1.165, 1.54) is 64.2 Å². The fraction of sp³-hybridized carbons (Fsp3) is 0.806. The van der Waals surface area contributed by atoms with Gasteiger partial charge in [-0.15, -0.1) is 0 Å². The van der Waals surface area contributed by atoms with Gasteiger partial charge in [0.2, 0.25) is 6.29 Å². The number of ether oxygens (including phenoxy) is 3. The molecule has 0 radical (unpaired) electrons. The van der Waals surface area contributed by atoms with E-state index in [-0.39, 0.29) is 22.7 Å². The number of hydrogen-bond donors (Lipinski definition) is 0. The smallest absolute Gasteiger partial charge is 0.200 e. The van der Waals surface area contributed by atoms with Gasteiger partial charge in [-0.2, -0.15) is 0 Å². The predicted octanol–water partition coefficient (Wildman–Crippen LogP) is 10.4. The zero-order chi connectivity index (χ0) is 29.8. The molecule has 230 valence electrons. The summed E-state index contributed by atoms with van der Waals surface area (Å²) in [6.07, 6.45) is 18.0. The molecule has 2 atom stereocenters. The van der Waals surface area contributed by atoms with Crippen LogP contribution in [0.25, 0.3) is 0 Å². The molecule has 1 aromatic rings. The molecular weight excluding hydrogens is 496 g/mol. The molecular formula is C36H62O4. The molecule has 0 N–H and O–H groups in total. The first-order valence-corrected chi connectivity index (χ1v) is 16.3. The van der Waals surface area contributed by atoms with Gasteiger partial charge in [-0.05, 0) is 74.6 Å². The summed E-state index contributed by atoms with van der Waals surface area (Å²) in [6, 6.07) is 7.91. The molecule has 2 fully saturated rings. The lowest BCUT2D eigenvalue weighted by molar-refractivity contribution is -0.165. The zero-order valence-corrected chi connectivity index (χ0v) is 27.5. The Morgan fingerprint density at radius 2 is 1.27 bits per heavy atom. The van der Waals surface area contributed by atoms with Gasteiger partial charge in [-0.1, -0.05) is 105 Å². The van der Waals surface area contributed by atoms with Gasteiger partial charge < -0.3 is 19.0 Å². The summed E-state index contributed by atoms with van der Waals surface area (Å²) in [4.78, 5) is 10.9. The second kappa shape index (κ2) is 16.2. The maximum atomic E-state index is 10.9. The summed E-state index contributed by atoms with van der Waals surface area (Å²) in [5, 5.41) is 0. The molecule has 3 rings (SSSR count). The van der Waals surface area contributed by atoms with Crippen LogP contribution in [0.2, 0.25) is 0 Å². The maximum absolute atomic E-state index is 10.9. The average molecular weight is 559 g/mol. The molecule has 2 aliphatic rings. The second-order valence-corrected chi connectivity index (χ2v) is 14.7. The molecule has 0 aliphatic heterocycles. The highest BCUT2D eigenvalue weighted by Gasteiger charge is 2.36. The van der Waals surface area contributed by atoms with Crippen LogP contribution in [-0.2, 0) is 9.53 Å². The summed E-state index contributed by atoms with van der Waals surface area (Å²) in [7, 11) is 1.69. The van der Waals surface area contributed by atoms with Crippen LogP contribution in [0, 0.1) is 28.6 Å². The lowest BCUT2D eigenvalue weighted by atomic mass is 9.66. The minimum atomic E-state index is -0.221. The Hall–Kier alpha value is -1.55. The van der Waals surface area contributed by atoms with Crippen LogP contribution in [-0.4, -0.2) is 25.3 Å². The molecule has 1 aromatic carbocycles. The third kappa shape index (κ3) is 11.4. The molecule has 0 saturated heterocycles. The van der Waals surface area contributed by atoms with Crippen molar-refractivity contribution in [3.8, 4) is 11.5 Å². The van der Waals surface area contributed by atoms with E-state index < -0.39 is 0 Å². The SMILES string of the molecule is CCCC(C)(C=O)C(C)(C)C.COc1ccc(OC(CC(C2CCCCC2)C2CCCCC2)OC(C)(C)C)cc1. The Balaban J connectivity index is 0.000000432. The van der Waals surface area contributed by atoms with Crippen LogP contribution in [0.5, 0.6) is 11.5 Å². The molecule has 4 heteroatoms. The zero-order valence-electron chi connectivity index (χ0n) is 27.5. The van der Waals surface area contributed by atoms with Crippen molar-refractivity contribution in [3.63, 3.8) is 0 Å². The third-order valence-electron chi connectivity index (χ3n) is 9.53. The Kier molecular flexibility index (Phi) is 14.0. The molecule has 0 aromatic heterocycles. The first kappa shape index (κ1) is 34.7. The Morgan fingerprint density at radius 3 is 1.62 bits per heavy atom. The van der Waals surface area contributed by atoms with Crippen molar-refractivity contribution >= 4 is 6.29 Å². The van der Waals surface area contributed by atoms with Gasteiger partial charge in [-0.3, -0.25) is 0 Å². The summed E-state index contributed by atoms with van der Waals surface area (Å²) in [5.74, 6) is 4.13. The topological polar surface area (TPSA) is 44.8 Å². The maximum Gasteiger partial charge on any atom is 0.200 e. The highest BCUT2D eigenvalue weighted by Crippen LogP contribution is 2.43. The van der Waals surface area contributed by atoms with E-state index in [0.717, 1.165) is 54.8 Å². The van der Waals surface area contributed by atoms with Gasteiger partial charge >= 0.3 is 0 Å². The summed E-state index contributed by atoms with van der Waals surface area (Å²) >= 11 is 0. The van der Waals surface area contributed by atoms with E-state index >= 15 is 0 Å². The lowest BCUT2D eigenvalue weighted by Crippen LogP contribution is -2.37. The molecule has 2 aliphatic carbocycles. The van der Waals surface area contributed by atoms with E-state index in [1.807, 2.05) is 31.2 Å². The second-order valence-electron chi connectivity index (χ2n) is 14.7. The van der Waals surface area contributed by atoms with Crippen LogP contribution in [0.4, 0.5) is 0 Å².